The van der Waals surface area contributed by atoms with Crippen molar-refractivity contribution >= 4 is 29.2 Å². The summed E-state index contributed by atoms with van der Waals surface area (Å²) in [5.41, 5.74) is 1.32. The van der Waals surface area contributed by atoms with Crippen molar-refractivity contribution in [3.8, 4) is 5.69 Å². The molecule has 0 atom stereocenters. The molecule has 1 aromatic carbocycles. The Balaban J connectivity index is 2.11. The molecule has 0 saturated carbocycles. The summed E-state index contributed by atoms with van der Waals surface area (Å²) < 4.78 is 1.67. The Morgan fingerprint density at radius 1 is 1.09 bits per heavy atom. The highest BCUT2D eigenvalue weighted by molar-refractivity contribution is 6.32. The zero-order chi connectivity index (χ0) is 25.3. The van der Waals surface area contributed by atoms with Crippen LogP contribution in [0.5, 0.6) is 0 Å². The van der Waals surface area contributed by atoms with E-state index in [0.717, 1.165) is 25.0 Å². The fraction of sp³-hybridized carbons (Fsp3) is 0.593. The molecule has 6 nitrogen and oxygen atoms in total. The number of hydrogen-bond donors (Lipinski definition) is 1. The number of halogens is 1. The predicted molar refractivity (Wildman–Crippen MR) is 141 cm³/mol. The second kappa shape index (κ2) is 12.9. The van der Waals surface area contributed by atoms with E-state index in [1.165, 1.54) is 19.3 Å². The smallest absolute Gasteiger partial charge is 0.245 e. The number of anilines is 1. The Kier molecular flexibility index (Phi) is 10.6. The minimum absolute atomic E-state index is 0.00485. The van der Waals surface area contributed by atoms with Crippen LogP contribution in [0.4, 0.5) is 5.82 Å². The SMILES string of the molecule is CCCCCCCCC(=O)N(CC(=O)Nc1cc(C(C)(C)C)nn1-c1ccccc1Cl)C(C)C. The number of carbonyl (C=O) groups excluding carboxylic acids is 2. The van der Waals surface area contributed by atoms with E-state index in [9.17, 15) is 9.59 Å². The minimum Gasteiger partial charge on any atom is -0.331 e. The molecule has 0 aliphatic carbocycles. The zero-order valence-electron chi connectivity index (χ0n) is 21.7. The number of nitrogens with one attached hydrogen (secondary N) is 1. The number of unbranched alkanes of at least 4 members (excludes halogenated alkanes) is 5. The second-order valence-corrected chi connectivity index (χ2v) is 10.6. The van der Waals surface area contributed by atoms with Gasteiger partial charge in [0.05, 0.1) is 16.4 Å². The Morgan fingerprint density at radius 3 is 2.35 bits per heavy atom. The maximum Gasteiger partial charge on any atom is 0.245 e. The largest absolute Gasteiger partial charge is 0.331 e. The highest BCUT2D eigenvalue weighted by atomic mass is 35.5. The van der Waals surface area contributed by atoms with Gasteiger partial charge in [0.15, 0.2) is 0 Å². The van der Waals surface area contributed by atoms with Crippen LogP contribution in [-0.4, -0.2) is 39.1 Å². The molecule has 0 radical (unpaired) electrons. The molecule has 0 bridgehead atoms. The third kappa shape index (κ3) is 8.15. The van der Waals surface area contributed by atoms with E-state index in [1.807, 2.05) is 38.1 Å². The standard InChI is InChI=1S/C27H41ClN4O2/c1-7-8-9-10-11-12-17-26(34)31(20(2)3)19-25(33)29-24-18-23(27(4,5)6)30-32(24)22-16-14-13-15-21(22)28/h13-16,18,20H,7-12,17,19H2,1-6H3,(H,29,33). The molecule has 1 heterocycles. The van der Waals surface area contributed by atoms with Crippen LogP contribution in [0, 0.1) is 0 Å². The molecule has 188 valence electrons. The van der Waals surface area contributed by atoms with Gasteiger partial charge in [0, 0.05) is 23.9 Å². The maximum absolute atomic E-state index is 13.0. The first-order chi connectivity index (χ1) is 16.0. The Bertz CT molecular complexity index is 946. The second-order valence-electron chi connectivity index (χ2n) is 10.2. The van der Waals surface area contributed by atoms with Crippen molar-refractivity contribution < 1.29 is 9.59 Å². The lowest BCUT2D eigenvalue weighted by atomic mass is 9.92. The maximum atomic E-state index is 13.0. The van der Waals surface area contributed by atoms with Gasteiger partial charge in [0.25, 0.3) is 0 Å². The van der Waals surface area contributed by atoms with Gasteiger partial charge in [0.2, 0.25) is 11.8 Å². The van der Waals surface area contributed by atoms with E-state index >= 15 is 0 Å². The third-order valence-electron chi connectivity index (χ3n) is 5.83. The Labute approximate surface area is 210 Å². The minimum atomic E-state index is -0.251. The molecule has 0 aliphatic rings. The summed E-state index contributed by atoms with van der Waals surface area (Å²) in [7, 11) is 0. The van der Waals surface area contributed by atoms with Gasteiger partial charge in [-0.05, 0) is 32.4 Å². The topological polar surface area (TPSA) is 67.2 Å². The lowest BCUT2D eigenvalue weighted by Crippen LogP contribution is -2.42. The number of rotatable bonds is 12. The lowest BCUT2D eigenvalue weighted by molar-refractivity contribution is -0.136. The van der Waals surface area contributed by atoms with Crippen LogP contribution in [0.25, 0.3) is 5.69 Å². The highest BCUT2D eigenvalue weighted by Crippen LogP contribution is 2.29. The van der Waals surface area contributed by atoms with Crippen LogP contribution in [0.15, 0.2) is 30.3 Å². The van der Waals surface area contributed by atoms with E-state index in [2.05, 4.69) is 33.0 Å². The van der Waals surface area contributed by atoms with Crippen LogP contribution in [-0.2, 0) is 15.0 Å². The van der Waals surface area contributed by atoms with Gasteiger partial charge in [0.1, 0.15) is 12.4 Å². The fourth-order valence-corrected chi connectivity index (χ4v) is 3.96. The van der Waals surface area contributed by atoms with Crippen molar-refractivity contribution in [2.45, 2.75) is 97.9 Å². The molecule has 2 amide bonds. The summed E-state index contributed by atoms with van der Waals surface area (Å²) in [6.45, 7) is 12.3. The van der Waals surface area contributed by atoms with Gasteiger partial charge in [-0.25, -0.2) is 4.68 Å². The van der Waals surface area contributed by atoms with Crippen molar-refractivity contribution in [1.82, 2.24) is 14.7 Å². The third-order valence-corrected chi connectivity index (χ3v) is 6.15. The predicted octanol–water partition coefficient (Wildman–Crippen LogP) is 6.75. The monoisotopic (exact) mass is 488 g/mol. The number of aromatic nitrogens is 2. The van der Waals surface area contributed by atoms with Gasteiger partial charge < -0.3 is 10.2 Å². The van der Waals surface area contributed by atoms with Gasteiger partial charge in [-0.2, -0.15) is 5.10 Å². The van der Waals surface area contributed by atoms with E-state index in [1.54, 1.807) is 15.6 Å². The first-order valence-corrected chi connectivity index (χ1v) is 12.9. The summed E-state index contributed by atoms with van der Waals surface area (Å²) in [6.07, 6.45) is 7.22. The van der Waals surface area contributed by atoms with E-state index in [-0.39, 0.29) is 29.8 Å². The van der Waals surface area contributed by atoms with Crippen LogP contribution >= 0.6 is 11.6 Å². The Hall–Kier alpha value is -2.34. The molecular formula is C27H41ClN4O2. The quantitative estimate of drug-likeness (QED) is 0.336. The van der Waals surface area contributed by atoms with E-state index < -0.39 is 0 Å². The molecule has 34 heavy (non-hydrogen) atoms. The van der Waals surface area contributed by atoms with Crippen LogP contribution < -0.4 is 5.32 Å². The number of para-hydroxylation sites is 1. The molecule has 7 heteroatoms. The number of benzene rings is 1. The molecule has 0 saturated heterocycles. The number of hydrogen-bond acceptors (Lipinski definition) is 3. The first-order valence-electron chi connectivity index (χ1n) is 12.5. The highest BCUT2D eigenvalue weighted by Gasteiger charge is 2.24. The summed E-state index contributed by atoms with van der Waals surface area (Å²) in [6, 6.07) is 9.21. The summed E-state index contributed by atoms with van der Waals surface area (Å²) >= 11 is 6.42. The van der Waals surface area contributed by atoms with Crippen LogP contribution in [0.2, 0.25) is 5.02 Å². The normalized spacial score (nSPS) is 11.6. The van der Waals surface area contributed by atoms with Crippen LogP contribution in [0.3, 0.4) is 0 Å². The summed E-state index contributed by atoms with van der Waals surface area (Å²) in [5.74, 6) is 0.310. The molecule has 0 aliphatic heterocycles. The molecule has 2 rings (SSSR count). The average Bonchev–Trinajstić information content (AvgIpc) is 3.18. The molecule has 2 aromatic rings. The number of amides is 2. The molecule has 1 N–H and O–H groups in total. The summed E-state index contributed by atoms with van der Waals surface area (Å²) in [4.78, 5) is 27.5. The molecule has 1 aromatic heterocycles. The van der Waals surface area contributed by atoms with Crippen molar-refractivity contribution in [1.29, 1.82) is 0 Å². The lowest BCUT2D eigenvalue weighted by Gasteiger charge is -2.26. The van der Waals surface area contributed by atoms with Crippen molar-refractivity contribution in [2.24, 2.45) is 0 Å². The zero-order valence-corrected chi connectivity index (χ0v) is 22.4. The van der Waals surface area contributed by atoms with E-state index in [4.69, 9.17) is 16.7 Å². The van der Waals surface area contributed by atoms with Crippen LogP contribution in [0.1, 0.15) is 92.2 Å². The average molecular weight is 489 g/mol. The molecule has 0 fully saturated rings. The molecular weight excluding hydrogens is 448 g/mol. The van der Waals surface area contributed by atoms with Crippen molar-refractivity contribution in [3.63, 3.8) is 0 Å². The Morgan fingerprint density at radius 2 is 1.74 bits per heavy atom. The first kappa shape index (κ1) is 27.9. The number of carbonyl (C=O) groups is 2. The van der Waals surface area contributed by atoms with Crippen molar-refractivity contribution in [2.75, 3.05) is 11.9 Å². The van der Waals surface area contributed by atoms with Gasteiger partial charge in [-0.15, -0.1) is 0 Å². The molecule has 0 unspecified atom stereocenters. The fourth-order valence-electron chi connectivity index (χ4n) is 3.74. The van der Waals surface area contributed by atoms with Gasteiger partial charge >= 0.3 is 0 Å². The summed E-state index contributed by atoms with van der Waals surface area (Å²) in [5, 5.41) is 8.23. The van der Waals surface area contributed by atoms with Crippen molar-refractivity contribution in [3.05, 3.63) is 41.0 Å². The van der Waals surface area contributed by atoms with Gasteiger partial charge in [-0.1, -0.05) is 83.5 Å². The molecule has 0 spiro atoms. The number of nitrogens with zero attached hydrogens (tertiary/aromatic N) is 3. The van der Waals surface area contributed by atoms with E-state index in [0.29, 0.717) is 22.9 Å². The van der Waals surface area contributed by atoms with Gasteiger partial charge in [-0.3, -0.25) is 9.59 Å².